The van der Waals surface area contributed by atoms with Crippen molar-refractivity contribution in [2.45, 2.75) is 57.4 Å². The molecule has 0 aromatic heterocycles. The molecule has 240 valence electrons. The molecule has 7 heteroatoms. The van der Waals surface area contributed by atoms with Gasteiger partial charge >= 0.3 is 0 Å². The fourth-order valence-corrected chi connectivity index (χ4v) is 9.29. The molecule has 3 amide bonds. The van der Waals surface area contributed by atoms with Gasteiger partial charge in [-0.1, -0.05) is 72.8 Å². The average Bonchev–Trinajstić information content (AvgIpc) is 3.09. The Morgan fingerprint density at radius 2 is 1.28 bits per heavy atom. The van der Waals surface area contributed by atoms with Gasteiger partial charge in [0.2, 0.25) is 11.8 Å². The SMILES string of the molecule is O=C(c1ccc(CNC(=O)C23CC4CC(CC(C(=O)NCCC(c5ccccc5)c5ccccc5)(C4)C2)C3)cc1)N1CCOCC1. The quantitative estimate of drug-likeness (QED) is 0.305. The van der Waals surface area contributed by atoms with Gasteiger partial charge in [-0.3, -0.25) is 14.4 Å². The second-order valence-electron chi connectivity index (χ2n) is 14.2. The van der Waals surface area contributed by atoms with Crippen molar-refractivity contribution in [3.8, 4) is 0 Å². The zero-order valence-electron chi connectivity index (χ0n) is 26.6. The number of hydrogen-bond donors (Lipinski definition) is 2. The van der Waals surface area contributed by atoms with Crippen LogP contribution in [-0.4, -0.2) is 55.5 Å². The maximum absolute atomic E-state index is 14.0. The third kappa shape index (κ3) is 6.22. The zero-order valence-corrected chi connectivity index (χ0v) is 26.6. The minimum absolute atomic E-state index is 0.0201. The number of carbonyl (C=O) groups excluding carboxylic acids is 3. The third-order valence-corrected chi connectivity index (χ3v) is 11.1. The van der Waals surface area contributed by atoms with Crippen LogP contribution in [0.1, 0.15) is 77.9 Å². The monoisotopic (exact) mass is 619 g/mol. The minimum atomic E-state index is -0.482. The molecule has 3 aromatic carbocycles. The molecule has 2 atom stereocenters. The number of amides is 3. The predicted molar refractivity (Wildman–Crippen MR) is 177 cm³/mol. The molecule has 3 aromatic rings. The van der Waals surface area contributed by atoms with E-state index in [-0.39, 0.29) is 23.6 Å². The van der Waals surface area contributed by atoms with Crippen molar-refractivity contribution in [3.05, 3.63) is 107 Å². The minimum Gasteiger partial charge on any atom is -0.378 e. The summed E-state index contributed by atoms with van der Waals surface area (Å²) in [4.78, 5) is 42.6. The van der Waals surface area contributed by atoms with E-state index < -0.39 is 10.8 Å². The molecule has 5 aliphatic rings. The first-order chi connectivity index (χ1) is 22.4. The Labute approximate surface area is 272 Å². The lowest BCUT2D eigenvalue weighted by molar-refractivity contribution is -0.167. The van der Waals surface area contributed by atoms with Crippen LogP contribution in [-0.2, 0) is 20.9 Å². The van der Waals surface area contributed by atoms with Crippen LogP contribution in [0, 0.1) is 22.7 Å². The Bertz CT molecular complexity index is 1480. The molecule has 1 aliphatic heterocycles. The number of benzene rings is 3. The largest absolute Gasteiger partial charge is 0.378 e. The van der Waals surface area contributed by atoms with Gasteiger partial charge in [0.25, 0.3) is 5.91 Å². The Balaban J connectivity index is 0.980. The number of nitrogens with zero attached hydrogens (tertiary/aromatic N) is 1. The Hall–Kier alpha value is -3.97. The van der Waals surface area contributed by atoms with E-state index >= 15 is 0 Å². The second-order valence-corrected chi connectivity index (χ2v) is 14.2. The van der Waals surface area contributed by atoms with E-state index in [0.29, 0.717) is 63.2 Å². The highest BCUT2D eigenvalue weighted by molar-refractivity contribution is 5.94. The highest BCUT2D eigenvalue weighted by Gasteiger charge is 2.62. The van der Waals surface area contributed by atoms with Crippen molar-refractivity contribution in [1.82, 2.24) is 15.5 Å². The maximum Gasteiger partial charge on any atom is 0.254 e. The van der Waals surface area contributed by atoms with Gasteiger partial charge in [0.05, 0.1) is 24.0 Å². The highest BCUT2D eigenvalue weighted by atomic mass is 16.5. The molecule has 46 heavy (non-hydrogen) atoms. The predicted octanol–water partition coefficient (Wildman–Crippen LogP) is 5.70. The third-order valence-electron chi connectivity index (χ3n) is 11.1. The fraction of sp³-hybridized carbons (Fsp3) is 0.462. The number of ether oxygens (including phenoxy) is 1. The van der Waals surface area contributed by atoms with Crippen molar-refractivity contribution < 1.29 is 19.1 Å². The van der Waals surface area contributed by atoms with Crippen molar-refractivity contribution in [2.24, 2.45) is 22.7 Å². The number of hydrogen-bond acceptors (Lipinski definition) is 4. The van der Waals surface area contributed by atoms with Crippen LogP contribution in [0.5, 0.6) is 0 Å². The van der Waals surface area contributed by atoms with Gasteiger partial charge in [-0.05, 0) is 85.6 Å². The summed E-state index contributed by atoms with van der Waals surface area (Å²) < 4.78 is 5.37. The Morgan fingerprint density at radius 3 is 1.85 bits per heavy atom. The first-order valence-electron chi connectivity index (χ1n) is 17.1. The van der Waals surface area contributed by atoms with Crippen LogP contribution in [0.4, 0.5) is 0 Å². The summed E-state index contributed by atoms with van der Waals surface area (Å²) in [6.07, 6.45) is 6.13. The van der Waals surface area contributed by atoms with Gasteiger partial charge < -0.3 is 20.3 Å². The molecule has 2 unspecified atom stereocenters. The zero-order chi connectivity index (χ0) is 31.6. The number of carbonyl (C=O) groups is 3. The topological polar surface area (TPSA) is 87.7 Å². The summed E-state index contributed by atoms with van der Waals surface area (Å²) in [5.41, 5.74) is 3.20. The second kappa shape index (κ2) is 13.0. The summed E-state index contributed by atoms with van der Waals surface area (Å²) in [7, 11) is 0. The molecule has 7 nitrogen and oxygen atoms in total. The van der Waals surface area contributed by atoms with Gasteiger partial charge in [0, 0.05) is 37.7 Å². The maximum atomic E-state index is 14.0. The highest BCUT2D eigenvalue weighted by Crippen LogP contribution is 2.65. The van der Waals surface area contributed by atoms with Crippen molar-refractivity contribution in [2.75, 3.05) is 32.8 Å². The van der Waals surface area contributed by atoms with Gasteiger partial charge in [-0.25, -0.2) is 0 Å². The van der Waals surface area contributed by atoms with E-state index in [0.717, 1.165) is 44.1 Å². The fourth-order valence-electron chi connectivity index (χ4n) is 9.29. The summed E-state index contributed by atoms with van der Waals surface area (Å²) in [6.45, 7) is 3.40. The molecule has 4 saturated carbocycles. The lowest BCUT2D eigenvalue weighted by Gasteiger charge is -2.60. The van der Waals surface area contributed by atoms with E-state index in [2.05, 4.69) is 59.2 Å². The van der Waals surface area contributed by atoms with Crippen molar-refractivity contribution in [1.29, 1.82) is 0 Å². The van der Waals surface area contributed by atoms with Crippen LogP contribution in [0.15, 0.2) is 84.9 Å². The summed E-state index contributed by atoms with van der Waals surface area (Å²) in [6, 6.07) is 28.6. The molecule has 2 N–H and O–H groups in total. The van der Waals surface area contributed by atoms with Crippen molar-refractivity contribution >= 4 is 17.7 Å². The molecule has 1 saturated heterocycles. The van der Waals surface area contributed by atoms with E-state index in [1.54, 1.807) is 0 Å². The molecule has 4 aliphatic carbocycles. The van der Waals surface area contributed by atoms with Crippen LogP contribution >= 0.6 is 0 Å². The molecule has 5 fully saturated rings. The molecule has 0 spiro atoms. The van der Waals surface area contributed by atoms with Crippen LogP contribution in [0.3, 0.4) is 0 Å². The van der Waals surface area contributed by atoms with Gasteiger partial charge in [0.1, 0.15) is 0 Å². The normalized spacial score (nSPS) is 26.6. The first kappa shape index (κ1) is 30.7. The molecule has 4 bridgehead atoms. The smallest absolute Gasteiger partial charge is 0.254 e. The van der Waals surface area contributed by atoms with Crippen LogP contribution < -0.4 is 10.6 Å². The molecular weight excluding hydrogens is 574 g/mol. The average molecular weight is 620 g/mol. The van der Waals surface area contributed by atoms with Crippen LogP contribution in [0.25, 0.3) is 0 Å². The standard InChI is InChI=1S/C39H45N3O4/c43-35(42-17-19-46-20-18-42)33-13-11-28(12-14-33)26-41-37(45)39-24-29-21-30(25-39)23-38(22-29,27-39)36(44)40-16-15-34(31-7-3-1-4-8-31)32-9-5-2-6-10-32/h1-14,29-30,34H,15-27H2,(H,40,44)(H,41,45). The summed E-state index contributed by atoms with van der Waals surface area (Å²) in [5.74, 6) is 1.29. The number of rotatable bonds is 10. The van der Waals surface area contributed by atoms with Crippen LogP contribution in [0.2, 0.25) is 0 Å². The summed E-state index contributed by atoms with van der Waals surface area (Å²) in [5, 5.41) is 6.59. The van der Waals surface area contributed by atoms with E-state index in [1.165, 1.54) is 11.1 Å². The molecule has 0 radical (unpaired) electrons. The Morgan fingerprint density at radius 1 is 0.739 bits per heavy atom. The van der Waals surface area contributed by atoms with E-state index in [4.69, 9.17) is 4.74 Å². The number of nitrogens with one attached hydrogen (secondary N) is 2. The summed E-state index contributed by atoms with van der Waals surface area (Å²) >= 11 is 0. The van der Waals surface area contributed by atoms with E-state index in [1.807, 2.05) is 41.3 Å². The first-order valence-corrected chi connectivity index (χ1v) is 17.1. The molecule has 8 rings (SSSR count). The molecule has 1 heterocycles. The van der Waals surface area contributed by atoms with E-state index in [9.17, 15) is 14.4 Å². The lowest BCUT2D eigenvalue weighted by atomic mass is 9.43. The van der Waals surface area contributed by atoms with Gasteiger partial charge in [-0.2, -0.15) is 0 Å². The van der Waals surface area contributed by atoms with Crippen molar-refractivity contribution in [3.63, 3.8) is 0 Å². The van der Waals surface area contributed by atoms with Gasteiger partial charge in [0.15, 0.2) is 0 Å². The molecular formula is C39H45N3O4. The lowest BCUT2D eigenvalue weighted by Crippen LogP contribution is -2.61. The number of morpholine rings is 1. The Kier molecular flexibility index (Phi) is 8.69. The van der Waals surface area contributed by atoms with Gasteiger partial charge in [-0.15, -0.1) is 0 Å².